The third-order valence-corrected chi connectivity index (χ3v) is 7.54. The summed E-state index contributed by atoms with van der Waals surface area (Å²) in [7, 11) is -1.15. The topological polar surface area (TPSA) is 85.1 Å². The third-order valence-electron chi connectivity index (χ3n) is 5.19. The molecule has 0 fully saturated rings. The van der Waals surface area contributed by atoms with Crippen LogP contribution < -0.4 is 0 Å². The molecule has 0 spiro atoms. The Kier molecular flexibility index (Phi) is 7.58. The molecular weight excluding hydrogens is 456 g/mol. The number of carbonyl (C=O) groups is 1. The molecule has 32 heavy (non-hydrogen) atoms. The fraction of sp³-hybridized carbons (Fsp3) is 0.318. The third kappa shape index (κ3) is 5.31. The maximum atomic E-state index is 14.7. The van der Waals surface area contributed by atoms with Crippen LogP contribution in [0, 0.1) is 11.6 Å². The predicted octanol–water partition coefficient (Wildman–Crippen LogP) is 3.57. The first-order chi connectivity index (χ1) is 15.1. The SMILES string of the molecule is C[C@@H](S[C@H](C)[C@](O)(Cn1cncn1)c1ccc(F)cc1F)C(=O)c1ccc(S(C)=O)cc1. The fourth-order valence-corrected chi connectivity index (χ4v) is 5.18. The van der Waals surface area contributed by atoms with Crippen LogP contribution in [-0.4, -0.2) is 46.6 Å². The van der Waals surface area contributed by atoms with E-state index in [0.717, 1.165) is 6.07 Å². The molecule has 0 aliphatic carbocycles. The Balaban J connectivity index is 1.86. The number of carbonyl (C=O) groups excluding carboxylic acids is 1. The molecule has 1 heterocycles. The van der Waals surface area contributed by atoms with Crippen LogP contribution in [0.25, 0.3) is 0 Å². The number of thioether (sulfide) groups is 1. The van der Waals surface area contributed by atoms with Crippen molar-refractivity contribution in [3.05, 3.63) is 77.9 Å². The lowest BCUT2D eigenvalue weighted by Gasteiger charge is -2.35. The molecule has 0 aliphatic heterocycles. The fourth-order valence-electron chi connectivity index (χ4n) is 3.36. The molecule has 1 N–H and O–H groups in total. The summed E-state index contributed by atoms with van der Waals surface area (Å²) < 4.78 is 41.0. The highest BCUT2D eigenvalue weighted by Crippen LogP contribution is 2.38. The van der Waals surface area contributed by atoms with Gasteiger partial charge in [-0.15, -0.1) is 11.8 Å². The van der Waals surface area contributed by atoms with Crippen LogP contribution in [0.1, 0.15) is 29.8 Å². The highest BCUT2D eigenvalue weighted by Gasteiger charge is 2.41. The molecular formula is C22H23F2N3O3S2. The molecule has 0 saturated heterocycles. The minimum Gasteiger partial charge on any atom is -0.382 e. The van der Waals surface area contributed by atoms with Gasteiger partial charge >= 0.3 is 0 Å². The summed E-state index contributed by atoms with van der Waals surface area (Å²) in [6, 6.07) is 9.50. The van der Waals surface area contributed by atoms with E-state index < -0.39 is 38.5 Å². The van der Waals surface area contributed by atoms with Gasteiger partial charge in [0.15, 0.2) is 5.78 Å². The van der Waals surface area contributed by atoms with Gasteiger partial charge in [0.1, 0.15) is 29.9 Å². The zero-order chi connectivity index (χ0) is 23.5. The van der Waals surface area contributed by atoms with Crippen molar-refractivity contribution in [2.24, 2.45) is 0 Å². The normalized spacial score (nSPS) is 16.2. The quantitative estimate of drug-likeness (QED) is 0.473. The van der Waals surface area contributed by atoms with Crippen LogP contribution >= 0.6 is 11.8 Å². The number of hydrogen-bond acceptors (Lipinski definition) is 6. The van der Waals surface area contributed by atoms with Crippen LogP contribution in [-0.2, 0) is 22.9 Å². The van der Waals surface area contributed by atoms with E-state index in [2.05, 4.69) is 10.1 Å². The second kappa shape index (κ2) is 10.0. The summed E-state index contributed by atoms with van der Waals surface area (Å²) in [6.45, 7) is 3.24. The van der Waals surface area contributed by atoms with E-state index in [0.29, 0.717) is 16.5 Å². The lowest BCUT2D eigenvalue weighted by atomic mass is 9.90. The Hall–Kier alpha value is -2.43. The van der Waals surface area contributed by atoms with Gasteiger partial charge in [-0.3, -0.25) is 9.00 Å². The zero-order valence-electron chi connectivity index (χ0n) is 17.7. The van der Waals surface area contributed by atoms with Crippen molar-refractivity contribution in [1.29, 1.82) is 0 Å². The first-order valence-corrected chi connectivity index (χ1v) is 12.3. The van der Waals surface area contributed by atoms with Gasteiger partial charge < -0.3 is 5.11 Å². The summed E-state index contributed by atoms with van der Waals surface area (Å²) in [6.07, 6.45) is 4.23. The van der Waals surface area contributed by atoms with Gasteiger partial charge in [0.2, 0.25) is 0 Å². The van der Waals surface area contributed by atoms with E-state index in [9.17, 15) is 22.9 Å². The van der Waals surface area contributed by atoms with Gasteiger partial charge in [-0.25, -0.2) is 18.4 Å². The number of Topliss-reactive ketones (excluding diaryl/α,β-unsaturated/α-hetero) is 1. The molecule has 1 unspecified atom stereocenters. The number of hydrogen-bond donors (Lipinski definition) is 1. The number of ketones is 1. The highest BCUT2D eigenvalue weighted by atomic mass is 32.2. The Morgan fingerprint density at radius 1 is 1.22 bits per heavy atom. The predicted molar refractivity (Wildman–Crippen MR) is 120 cm³/mol. The first-order valence-electron chi connectivity index (χ1n) is 9.75. The monoisotopic (exact) mass is 479 g/mol. The van der Waals surface area contributed by atoms with Gasteiger partial charge in [0.05, 0.1) is 11.8 Å². The molecule has 0 radical (unpaired) electrons. The van der Waals surface area contributed by atoms with E-state index in [1.165, 1.54) is 35.2 Å². The maximum absolute atomic E-state index is 14.7. The Labute approximate surface area is 191 Å². The molecule has 10 heteroatoms. The zero-order valence-corrected chi connectivity index (χ0v) is 19.4. The van der Waals surface area contributed by atoms with Crippen molar-refractivity contribution in [2.45, 2.75) is 41.4 Å². The van der Waals surface area contributed by atoms with Crippen LogP contribution in [0.2, 0.25) is 0 Å². The second-order valence-corrected chi connectivity index (χ2v) is 10.5. The number of rotatable bonds is 9. The van der Waals surface area contributed by atoms with Gasteiger partial charge in [-0.05, 0) is 25.1 Å². The van der Waals surface area contributed by atoms with Crippen molar-refractivity contribution in [1.82, 2.24) is 14.8 Å². The molecule has 1 aromatic heterocycles. The Morgan fingerprint density at radius 2 is 1.91 bits per heavy atom. The maximum Gasteiger partial charge on any atom is 0.175 e. The van der Waals surface area contributed by atoms with E-state index in [1.54, 1.807) is 44.4 Å². The Morgan fingerprint density at radius 3 is 2.47 bits per heavy atom. The number of nitrogens with zero attached hydrogens (tertiary/aromatic N) is 3. The van der Waals surface area contributed by atoms with Gasteiger partial charge in [0, 0.05) is 44.4 Å². The van der Waals surface area contributed by atoms with E-state index in [-0.39, 0.29) is 17.9 Å². The standard InChI is InChI=1S/C22H23F2N3O3S2/c1-14(21(28)16-4-7-18(8-5-16)32(3)30)31-15(2)22(29,11-27-13-25-12-26-27)19-9-6-17(23)10-20(19)24/h4-10,12-15,29H,11H2,1-3H3/t14-,15-,22-,32?/m1/s1. The summed E-state index contributed by atoms with van der Waals surface area (Å²) in [4.78, 5) is 17.4. The van der Waals surface area contributed by atoms with Crippen molar-refractivity contribution in [2.75, 3.05) is 6.26 Å². The van der Waals surface area contributed by atoms with Crippen molar-refractivity contribution in [3.63, 3.8) is 0 Å². The molecule has 0 saturated carbocycles. The van der Waals surface area contributed by atoms with Gasteiger partial charge in [0.25, 0.3) is 0 Å². The highest BCUT2D eigenvalue weighted by molar-refractivity contribution is 8.01. The molecule has 2 aromatic carbocycles. The lowest BCUT2D eigenvalue weighted by molar-refractivity contribution is 0.0132. The van der Waals surface area contributed by atoms with Crippen molar-refractivity contribution >= 4 is 28.3 Å². The summed E-state index contributed by atoms with van der Waals surface area (Å²) in [5, 5.41) is 14.3. The lowest BCUT2D eigenvalue weighted by Crippen LogP contribution is -2.42. The molecule has 3 rings (SSSR count). The molecule has 0 amide bonds. The summed E-state index contributed by atoms with van der Waals surface area (Å²) >= 11 is 1.17. The second-order valence-electron chi connectivity index (χ2n) is 7.40. The van der Waals surface area contributed by atoms with Crippen LogP contribution in [0.15, 0.2) is 60.0 Å². The van der Waals surface area contributed by atoms with E-state index >= 15 is 0 Å². The average molecular weight is 480 g/mol. The Bertz CT molecular complexity index is 1110. The number of aliphatic hydroxyl groups is 1. The molecule has 170 valence electrons. The van der Waals surface area contributed by atoms with Crippen LogP contribution in [0.3, 0.4) is 0 Å². The summed E-state index contributed by atoms with van der Waals surface area (Å²) in [5.74, 6) is -1.82. The molecule has 3 aromatic rings. The number of halogens is 2. The summed E-state index contributed by atoms with van der Waals surface area (Å²) in [5.41, 5.74) is -1.45. The average Bonchev–Trinajstić information content (AvgIpc) is 3.25. The van der Waals surface area contributed by atoms with E-state index in [4.69, 9.17) is 0 Å². The van der Waals surface area contributed by atoms with Crippen molar-refractivity contribution < 1.29 is 22.9 Å². The largest absolute Gasteiger partial charge is 0.382 e. The van der Waals surface area contributed by atoms with Crippen LogP contribution in [0.4, 0.5) is 8.78 Å². The molecule has 0 bridgehead atoms. The first kappa shape index (κ1) is 24.2. The minimum absolute atomic E-state index is 0.0937. The molecule has 4 atom stereocenters. The van der Waals surface area contributed by atoms with Crippen molar-refractivity contribution in [3.8, 4) is 0 Å². The number of benzene rings is 2. The molecule has 6 nitrogen and oxygen atoms in total. The van der Waals surface area contributed by atoms with Gasteiger partial charge in [-0.1, -0.05) is 25.1 Å². The van der Waals surface area contributed by atoms with Crippen LogP contribution in [0.5, 0.6) is 0 Å². The molecule has 0 aliphatic rings. The van der Waals surface area contributed by atoms with Gasteiger partial charge in [-0.2, -0.15) is 5.10 Å². The number of aromatic nitrogens is 3. The smallest absolute Gasteiger partial charge is 0.175 e. The minimum atomic E-state index is -1.80. The van der Waals surface area contributed by atoms with E-state index in [1.807, 2.05) is 0 Å².